The van der Waals surface area contributed by atoms with Crippen molar-refractivity contribution in [3.63, 3.8) is 0 Å². The number of rotatable bonds is 7. The van der Waals surface area contributed by atoms with Crippen LogP contribution in [-0.2, 0) is 11.3 Å². The fraction of sp³-hybridized carbons (Fsp3) is 0.158. The van der Waals surface area contributed by atoms with E-state index in [2.05, 4.69) is 20.7 Å². The Kier molecular flexibility index (Phi) is 5.78. The van der Waals surface area contributed by atoms with E-state index >= 15 is 0 Å². The zero-order valence-electron chi connectivity index (χ0n) is 14.8. The predicted molar refractivity (Wildman–Crippen MR) is 101 cm³/mol. The van der Waals surface area contributed by atoms with Gasteiger partial charge in [0.05, 0.1) is 24.9 Å². The van der Waals surface area contributed by atoms with Gasteiger partial charge in [0.15, 0.2) is 0 Å². The number of benzene rings is 2. The molecule has 0 aliphatic carbocycles. The number of nitrogens with one attached hydrogen (secondary N) is 2. The number of methoxy groups -OCH3 is 1. The van der Waals surface area contributed by atoms with Gasteiger partial charge in [-0.2, -0.15) is 5.10 Å². The third kappa shape index (κ3) is 4.91. The highest BCUT2D eigenvalue weighted by molar-refractivity contribution is 6.10. The average molecular weight is 365 g/mol. The van der Waals surface area contributed by atoms with Gasteiger partial charge in [0.2, 0.25) is 5.91 Å². The van der Waals surface area contributed by atoms with E-state index < -0.39 is 0 Å². The van der Waals surface area contributed by atoms with Crippen molar-refractivity contribution >= 4 is 23.2 Å². The standard InChI is InChI=1S/C19H19N5O3/c1-27-15-6-4-5-14(11-15)22-19(26)16-7-2-3-8-17(16)23-18(25)9-10-24-13-20-12-21-24/h2-8,11-13H,9-10H2,1H3,(H,22,26)(H,23,25). The summed E-state index contributed by atoms with van der Waals surface area (Å²) in [4.78, 5) is 28.7. The Bertz CT molecular complexity index is 925. The summed E-state index contributed by atoms with van der Waals surface area (Å²) < 4.78 is 6.73. The van der Waals surface area contributed by atoms with Gasteiger partial charge in [-0.15, -0.1) is 0 Å². The van der Waals surface area contributed by atoms with E-state index in [0.29, 0.717) is 29.2 Å². The van der Waals surface area contributed by atoms with Crippen molar-refractivity contribution in [3.05, 3.63) is 66.7 Å². The number of nitrogens with zero attached hydrogens (tertiary/aromatic N) is 3. The van der Waals surface area contributed by atoms with E-state index in [0.717, 1.165) is 0 Å². The molecule has 1 aromatic heterocycles. The number of aromatic nitrogens is 3. The summed E-state index contributed by atoms with van der Waals surface area (Å²) in [5.41, 5.74) is 1.42. The second kappa shape index (κ2) is 8.61. The van der Waals surface area contributed by atoms with Crippen LogP contribution >= 0.6 is 0 Å². The van der Waals surface area contributed by atoms with E-state index in [1.165, 1.54) is 6.33 Å². The molecule has 3 aromatic rings. The fourth-order valence-corrected chi connectivity index (χ4v) is 2.47. The van der Waals surface area contributed by atoms with Gasteiger partial charge in [0, 0.05) is 18.2 Å². The maximum atomic E-state index is 12.6. The molecule has 3 rings (SSSR count). The molecule has 2 amide bonds. The highest BCUT2D eigenvalue weighted by Gasteiger charge is 2.13. The highest BCUT2D eigenvalue weighted by Crippen LogP contribution is 2.20. The van der Waals surface area contributed by atoms with E-state index in [1.807, 2.05) is 0 Å². The van der Waals surface area contributed by atoms with Gasteiger partial charge in [0.1, 0.15) is 18.4 Å². The van der Waals surface area contributed by atoms with Crippen molar-refractivity contribution in [1.29, 1.82) is 0 Å². The number of anilines is 2. The largest absolute Gasteiger partial charge is 0.497 e. The van der Waals surface area contributed by atoms with Crippen molar-refractivity contribution in [3.8, 4) is 5.75 Å². The highest BCUT2D eigenvalue weighted by atomic mass is 16.5. The minimum atomic E-state index is -0.324. The van der Waals surface area contributed by atoms with Gasteiger partial charge in [-0.3, -0.25) is 14.3 Å². The molecule has 8 heteroatoms. The summed E-state index contributed by atoms with van der Waals surface area (Å²) in [6.07, 6.45) is 3.17. The number of carbonyl (C=O) groups excluding carboxylic acids is 2. The molecule has 2 aromatic carbocycles. The lowest BCUT2D eigenvalue weighted by molar-refractivity contribution is -0.116. The van der Waals surface area contributed by atoms with Gasteiger partial charge in [-0.1, -0.05) is 18.2 Å². The molecule has 0 bridgehead atoms. The molecule has 0 aliphatic rings. The Balaban J connectivity index is 1.67. The van der Waals surface area contributed by atoms with Crippen molar-refractivity contribution in [2.75, 3.05) is 17.7 Å². The second-order valence-electron chi connectivity index (χ2n) is 5.69. The molecule has 0 saturated heterocycles. The molecule has 0 unspecified atom stereocenters. The summed E-state index contributed by atoms with van der Waals surface area (Å²) in [6, 6.07) is 13.9. The molecule has 0 saturated carbocycles. The molecule has 0 radical (unpaired) electrons. The fourth-order valence-electron chi connectivity index (χ4n) is 2.47. The van der Waals surface area contributed by atoms with E-state index in [4.69, 9.17) is 4.74 Å². The summed E-state index contributed by atoms with van der Waals surface area (Å²) in [5, 5.41) is 9.54. The molecular weight excluding hydrogens is 346 g/mol. The van der Waals surface area contributed by atoms with E-state index in [9.17, 15) is 9.59 Å². The van der Waals surface area contributed by atoms with Gasteiger partial charge in [-0.05, 0) is 24.3 Å². The predicted octanol–water partition coefficient (Wildman–Crippen LogP) is 2.57. The number of amides is 2. The summed E-state index contributed by atoms with van der Waals surface area (Å²) in [5.74, 6) is 0.102. The van der Waals surface area contributed by atoms with Crippen LogP contribution in [0.4, 0.5) is 11.4 Å². The van der Waals surface area contributed by atoms with Crippen molar-refractivity contribution < 1.29 is 14.3 Å². The number of hydrogen-bond donors (Lipinski definition) is 2. The van der Waals surface area contributed by atoms with Crippen LogP contribution in [0.3, 0.4) is 0 Å². The maximum absolute atomic E-state index is 12.6. The molecule has 0 atom stereocenters. The molecular formula is C19H19N5O3. The Morgan fingerprint density at radius 1 is 1.11 bits per heavy atom. The van der Waals surface area contributed by atoms with Gasteiger partial charge in [0.25, 0.3) is 5.91 Å². The van der Waals surface area contributed by atoms with Gasteiger partial charge < -0.3 is 15.4 Å². The van der Waals surface area contributed by atoms with Crippen LogP contribution in [-0.4, -0.2) is 33.7 Å². The van der Waals surface area contributed by atoms with Crippen molar-refractivity contribution in [2.24, 2.45) is 0 Å². The first-order valence-corrected chi connectivity index (χ1v) is 8.32. The number of ether oxygens (including phenoxy) is 1. The lowest BCUT2D eigenvalue weighted by atomic mass is 10.1. The molecule has 0 spiro atoms. The van der Waals surface area contributed by atoms with Crippen molar-refractivity contribution in [1.82, 2.24) is 14.8 Å². The topological polar surface area (TPSA) is 98.1 Å². The SMILES string of the molecule is COc1cccc(NC(=O)c2ccccc2NC(=O)CCn2cncn2)c1. The first kappa shape index (κ1) is 18.1. The van der Waals surface area contributed by atoms with Crippen LogP contribution in [0.1, 0.15) is 16.8 Å². The number of para-hydroxylation sites is 1. The zero-order valence-corrected chi connectivity index (χ0v) is 14.8. The number of aryl methyl sites for hydroxylation is 1. The third-order valence-corrected chi connectivity index (χ3v) is 3.81. The van der Waals surface area contributed by atoms with Crippen LogP contribution in [0.15, 0.2) is 61.2 Å². The summed E-state index contributed by atoms with van der Waals surface area (Å²) in [7, 11) is 1.56. The lowest BCUT2D eigenvalue weighted by Crippen LogP contribution is -2.19. The first-order chi connectivity index (χ1) is 13.2. The second-order valence-corrected chi connectivity index (χ2v) is 5.69. The Morgan fingerprint density at radius 3 is 2.74 bits per heavy atom. The smallest absolute Gasteiger partial charge is 0.257 e. The van der Waals surface area contributed by atoms with Gasteiger partial charge in [-0.25, -0.2) is 4.98 Å². The minimum Gasteiger partial charge on any atom is -0.497 e. The third-order valence-electron chi connectivity index (χ3n) is 3.81. The molecule has 138 valence electrons. The van der Waals surface area contributed by atoms with Gasteiger partial charge >= 0.3 is 0 Å². The Hall–Kier alpha value is -3.68. The molecule has 27 heavy (non-hydrogen) atoms. The van der Waals surface area contributed by atoms with E-state index in [1.54, 1.807) is 66.6 Å². The lowest BCUT2D eigenvalue weighted by Gasteiger charge is -2.12. The normalized spacial score (nSPS) is 10.3. The molecule has 0 aliphatic heterocycles. The first-order valence-electron chi connectivity index (χ1n) is 8.32. The maximum Gasteiger partial charge on any atom is 0.257 e. The Morgan fingerprint density at radius 2 is 1.96 bits per heavy atom. The van der Waals surface area contributed by atoms with Crippen molar-refractivity contribution in [2.45, 2.75) is 13.0 Å². The monoisotopic (exact) mass is 365 g/mol. The number of hydrogen-bond acceptors (Lipinski definition) is 5. The van der Waals surface area contributed by atoms with Crippen LogP contribution in [0.5, 0.6) is 5.75 Å². The molecule has 2 N–H and O–H groups in total. The van der Waals surface area contributed by atoms with Crippen LogP contribution in [0, 0.1) is 0 Å². The average Bonchev–Trinajstić information content (AvgIpc) is 3.20. The molecule has 8 nitrogen and oxygen atoms in total. The van der Waals surface area contributed by atoms with E-state index in [-0.39, 0.29) is 18.2 Å². The van der Waals surface area contributed by atoms with Crippen LogP contribution in [0.25, 0.3) is 0 Å². The van der Waals surface area contributed by atoms with Crippen LogP contribution < -0.4 is 15.4 Å². The molecule has 1 heterocycles. The quantitative estimate of drug-likeness (QED) is 0.670. The Labute approximate surface area is 156 Å². The zero-order chi connectivity index (χ0) is 19.1. The summed E-state index contributed by atoms with van der Waals surface area (Å²) in [6.45, 7) is 0.407. The summed E-state index contributed by atoms with van der Waals surface area (Å²) >= 11 is 0. The van der Waals surface area contributed by atoms with Crippen LogP contribution in [0.2, 0.25) is 0 Å². The number of carbonyl (C=O) groups is 2. The minimum absolute atomic E-state index is 0.216. The molecule has 0 fully saturated rings.